The summed E-state index contributed by atoms with van der Waals surface area (Å²) in [6.07, 6.45) is 8.71. The topological polar surface area (TPSA) is 0 Å². The van der Waals surface area contributed by atoms with Crippen LogP contribution >= 0.6 is 0 Å². The second kappa shape index (κ2) is 2.76. The van der Waals surface area contributed by atoms with Gasteiger partial charge in [0.05, 0.1) is 6.42 Å². The largest absolute Gasteiger partial charge is 0.109 e. The lowest BCUT2D eigenvalue weighted by molar-refractivity contribution is 0.0129. The zero-order valence-corrected chi connectivity index (χ0v) is 10.7. The molecule has 0 aromatic carbocycles. The highest BCUT2D eigenvalue weighted by Gasteiger charge is 2.67. The Kier molecular flexibility index (Phi) is 1.85. The monoisotopic (exact) mass is 205 g/mol. The van der Waals surface area contributed by atoms with Crippen LogP contribution in [0.4, 0.5) is 0 Å². The molecule has 4 fully saturated rings. The van der Waals surface area contributed by atoms with Gasteiger partial charge in [0.15, 0.2) is 0 Å². The maximum Gasteiger partial charge on any atom is 0.109 e. The highest BCUT2D eigenvalue weighted by molar-refractivity contribution is 5.19. The van der Waals surface area contributed by atoms with Crippen LogP contribution in [0.1, 0.15) is 53.4 Å². The van der Waals surface area contributed by atoms with Gasteiger partial charge in [-0.2, -0.15) is 0 Å². The first-order chi connectivity index (χ1) is 6.94. The molecule has 0 nitrogen and oxygen atoms in total. The molecule has 84 valence electrons. The minimum Gasteiger partial charge on any atom is -0.0625 e. The Hall–Kier alpha value is -0.130. The summed E-state index contributed by atoms with van der Waals surface area (Å²) in [5, 5.41) is 0. The van der Waals surface area contributed by atoms with Crippen LogP contribution in [-0.2, 0) is 0 Å². The fourth-order valence-corrected chi connectivity index (χ4v) is 5.38. The summed E-state index contributed by atoms with van der Waals surface area (Å²) >= 11 is 0. The summed E-state index contributed by atoms with van der Waals surface area (Å²) < 4.78 is 0. The van der Waals surface area contributed by atoms with Gasteiger partial charge in [-0.05, 0) is 57.3 Å². The maximum absolute atomic E-state index is 2.76. The summed E-state index contributed by atoms with van der Waals surface area (Å²) in [7, 11) is 0. The van der Waals surface area contributed by atoms with E-state index in [1.165, 1.54) is 25.7 Å². The Morgan fingerprint density at radius 3 is 2.53 bits per heavy atom. The number of fused-ring (bicyclic) bond motifs is 1. The lowest BCUT2D eigenvalue weighted by atomic mass is 9.51. The van der Waals surface area contributed by atoms with Crippen molar-refractivity contribution in [1.82, 2.24) is 0 Å². The Bertz CT molecular complexity index is 280. The standard InChI is InChI=1S/C15H25/c1-10(2)11-8-15(4)9-14(3)6-5-13(15)12(11)7-14/h9-13H,5-8H2,1-4H3/q+1/t11-,12+,13+,14-,15+/m1/s1. The molecule has 0 spiro atoms. The number of hydrogen-bond acceptors (Lipinski definition) is 0. The van der Waals surface area contributed by atoms with Crippen molar-refractivity contribution >= 4 is 0 Å². The zero-order valence-electron chi connectivity index (χ0n) is 10.7. The Morgan fingerprint density at radius 2 is 1.93 bits per heavy atom. The summed E-state index contributed by atoms with van der Waals surface area (Å²) in [6.45, 7) is 9.93. The van der Waals surface area contributed by atoms with Gasteiger partial charge < -0.3 is 0 Å². The average Bonchev–Trinajstić information content (AvgIpc) is 2.33. The first kappa shape index (κ1) is 10.1. The van der Waals surface area contributed by atoms with Crippen molar-refractivity contribution < 1.29 is 0 Å². The van der Waals surface area contributed by atoms with Crippen molar-refractivity contribution in [2.24, 2.45) is 34.5 Å². The molecule has 0 amide bonds. The van der Waals surface area contributed by atoms with Crippen LogP contribution < -0.4 is 0 Å². The molecule has 4 bridgehead atoms. The maximum atomic E-state index is 2.76. The normalized spacial score (nSPS) is 57.3. The van der Waals surface area contributed by atoms with E-state index >= 15 is 0 Å². The smallest absolute Gasteiger partial charge is 0.0625 e. The lowest BCUT2D eigenvalue weighted by Crippen LogP contribution is -2.46. The molecule has 0 heterocycles. The van der Waals surface area contributed by atoms with Crippen molar-refractivity contribution in [3.63, 3.8) is 0 Å². The third-order valence-corrected chi connectivity index (χ3v) is 5.85. The minimum atomic E-state index is 0.595. The molecule has 0 radical (unpaired) electrons. The molecular formula is C15H25+. The second-order valence-electron chi connectivity index (χ2n) is 7.43. The molecule has 4 rings (SSSR count). The van der Waals surface area contributed by atoms with E-state index in [9.17, 15) is 0 Å². The molecule has 0 aromatic rings. The van der Waals surface area contributed by atoms with Crippen molar-refractivity contribution in [2.45, 2.75) is 53.4 Å². The Balaban J connectivity index is 1.96. The second-order valence-corrected chi connectivity index (χ2v) is 7.43. The molecule has 4 aliphatic rings. The van der Waals surface area contributed by atoms with Gasteiger partial charge in [0.2, 0.25) is 0 Å². The molecule has 5 atom stereocenters. The molecule has 4 aliphatic carbocycles. The van der Waals surface area contributed by atoms with Crippen LogP contribution in [0, 0.1) is 40.9 Å². The summed E-state index contributed by atoms with van der Waals surface area (Å²) in [6, 6.07) is 0. The fourth-order valence-electron chi connectivity index (χ4n) is 5.38. The predicted octanol–water partition coefficient (Wildman–Crippen LogP) is 4.31. The predicted molar refractivity (Wildman–Crippen MR) is 64.3 cm³/mol. The Morgan fingerprint density at radius 1 is 1.20 bits per heavy atom. The average molecular weight is 205 g/mol. The summed E-state index contributed by atoms with van der Waals surface area (Å²) in [5.41, 5.74) is 1.20. The van der Waals surface area contributed by atoms with Gasteiger partial charge in [-0.15, -0.1) is 0 Å². The summed E-state index contributed by atoms with van der Waals surface area (Å²) in [5.74, 6) is 4.00. The highest BCUT2D eigenvalue weighted by Crippen LogP contribution is 2.69. The van der Waals surface area contributed by atoms with Crippen molar-refractivity contribution in [3.8, 4) is 0 Å². The molecule has 0 aromatic heterocycles. The van der Waals surface area contributed by atoms with Crippen LogP contribution in [0.5, 0.6) is 0 Å². The summed E-state index contributed by atoms with van der Waals surface area (Å²) in [4.78, 5) is 0. The van der Waals surface area contributed by atoms with Gasteiger partial charge >= 0.3 is 0 Å². The first-order valence-electron chi connectivity index (χ1n) is 6.81. The van der Waals surface area contributed by atoms with Crippen molar-refractivity contribution in [2.75, 3.05) is 0 Å². The quantitative estimate of drug-likeness (QED) is 0.560. The van der Waals surface area contributed by atoms with Gasteiger partial charge in [-0.3, -0.25) is 0 Å². The van der Waals surface area contributed by atoms with Crippen LogP contribution in [0.25, 0.3) is 0 Å². The van der Waals surface area contributed by atoms with E-state index in [2.05, 4.69) is 34.1 Å². The van der Waals surface area contributed by atoms with E-state index in [1.807, 2.05) is 0 Å². The lowest BCUT2D eigenvalue weighted by Gasteiger charge is -2.47. The van der Waals surface area contributed by atoms with Crippen LogP contribution in [0.15, 0.2) is 0 Å². The van der Waals surface area contributed by atoms with E-state index in [0.717, 1.165) is 23.7 Å². The van der Waals surface area contributed by atoms with Gasteiger partial charge in [0, 0.05) is 5.92 Å². The first-order valence-corrected chi connectivity index (χ1v) is 6.81. The van der Waals surface area contributed by atoms with E-state index in [0.29, 0.717) is 10.8 Å². The minimum absolute atomic E-state index is 0.595. The molecule has 15 heavy (non-hydrogen) atoms. The van der Waals surface area contributed by atoms with Gasteiger partial charge in [-0.25, -0.2) is 0 Å². The van der Waals surface area contributed by atoms with E-state index in [1.54, 1.807) is 0 Å². The van der Waals surface area contributed by atoms with E-state index < -0.39 is 0 Å². The molecule has 0 aliphatic heterocycles. The van der Waals surface area contributed by atoms with Crippen molar-refractivity contribution in [1.29, 1.82) is 0 Å². The molecule has 0 heteroatoms. The van der Waals surface area contributed by atoms with Crippen LogP contribution in [0.2, 0.25) is 0 Å². The van der Waals surface area contributed by atoms with Gasteiger partial charge in [-0.1, -0.05) is 13.8 Å². The fraction of sp³-hybridized carbons (Fsp3) is 0.933. The molecule has 0 unspecified atom stereocenters. The van der Waals surface area contributed by atoms with Crippen molar-refractivity contribution in [3.05, 3.63) is 6.42 Å². The third-order valence-electron chi connectivity index (χ3n) is 5.85. The molecular weight excluding hydrogens is 180 g/mol. The molecule has 0 N–H and O–H groups in total. The van der Waals surface area contributed by atoms with E-state index in [-0.39, 0.29) is 0 Å². The molecule has 4 saturated carbocycles. The van der Waals surface area contributed by atoms with Crippen LogP contribution in [0.3, 0.4) is 0 Å². The SMILES string of the molecule is CC(C)[C@H]1C[C@@]2(C)[CH+][C@]3(C)CC[C@H]2[C@H]1C3. The van der Waals surface area contributed by atoms with E-state index in [4.69, 9.17) is 0 Å². The Labute approximate surface area is 94.8 Å². The molecule has 0 saturated heterocycles. The van der Waals surface area contributed by atoms with Crippen LogP contribution in [-0.4, -0.2) is 0 Å². The number of hydrogen-bond donors (Lipinski definition) is 0. The van der Waals surface area contributed by atoms with Gasteiger partial charge in [0.1, 0.15) is 10.8 Å². The number of rotatable bonds is 1. The third kappa shape index (κ3) is 1.23. The highest BCUT2D eigenvalue weighted by atomic mass is 14.7. The zero-order chi connectivity index (χ0) is 10.8. The van der Waals surface area contributed by atoms with Gasteiger partial charge in [0.25, 0.3) is 0 Å².